The molecule has 0 aliphatic carbocycles. The fraction of sp³-hybridized carbons (Fsp3) is 0.429. The smallest absolute Gasteiger partial charge is 0.222 e. The average Bonchev–Trinajstić information content (AvgIpc) is 2.66. The van der Waals surface area contributed by atoms with Gasteiger partial charge in [-0.25, -0.2) is 4.98 Å². The Labute approximate surface area is 121 Å². The van der Waals surface area contributed by atoms with Crippen LogP contribution < -0.4 is 0 Å². The number of halogens is 1. The molecule has 2 rings (SSSR count). The van der Waals surface area contributed by atoms with Gasteiger partial charge in [-0.1, -0.05) is 19.9 Å². The average molecular weight is 324 g/mol. The molecule has 0 saturated carbocycles. The Morgan fingerprint density at radius 2 is 2.21 bits per heavy atom. The van der Waals surface area contributed by atoms with Gasteiger partial charge in [-0.05, 0) is 34.0 Å². The van der Waals surface area contributed by atoms with E-state index in [0.29, 0.717) is 18.9 Å². The molecule has 0 bridgehead atoms. The van der Waals surface area contributed by atoms with Crippen LogP contribution >= 0.6 is 15.9 Å². The molecule has 0 aromatic carbocycles. The molecule has 4 nitrogen and oxygen atoms in total. The van der Waals surface area contributed by atoms with Gasteiger partial charge in [-0.2, -0.15) is 0 Å². The van der Waals surface area contributed by atoms with Crippen LogP contribution in [0.1, 0.15) is 26.1 Å². The van der Waals surface area contributed by atoms with Crippen molar-refractivity contribution in [3.63, 3.8) is 0 Å². The predicted octanol–water partition coefficient (Wildman–Crippen LogP) is 3.10. The van der Waals surface area contributed by atoms with E-state index in [1.165, 1.54) is 0 Å². The summed E-state index contributed by atoms with van der Waals surface area (Å²) in [7, 11) is 1.82. The number of rotatable bonds is 4. The summed E-state index contributed by atoms with van der Waals surface area (Å²) < 4.78 is 2.82. The van der Waals surface area contributed by atoms with Crippen LogP contribution in [-0.4, -0.2) is 27.2 Å². The highest BCUT2D eigenvalue weighted by Crippen LogP contribution is 2.19. The first-order valence-electron chi connectivity index (χ1n) is 6.34. The lowest BCUT2D eigenvalue weighted by molar-refractivity contribution is -0.131. The number of hydrogen-bond donors (Lipinski definition) is 0. The molecule has 2 aromatic heterocycles. The highest BCUT2D eigenvalue weighted by molar-refractivity contribution is 9.10. The van der Waals surface area contributed by atoms with E-state index in [-0.39, 0.29) is 5.91 Å². The third kappa shape index (κ3) is 3.15. The van der Waals surface area contributed by atoms with Crippen molar-refractivity contribution in [3.8, 4) is 0 Å². The van der Waals surface area contributed by atoms with E-state index >= 15 is 0 Å². The van der Waals surface area contributed by atoms with Gasteiger partial charge in [0.15, 0.2) is 0 Å². The van der Waals surface area contributed by atoms with E-state index in [1.54, 1.807) is 4.90 Å². The Morgan fingerprint density at radius 1 is 1.47 bits per heavy atom. The molecule has 19 heavy (non-hydrogen) atoms. The first-order valence-corrected chi connectivity index (χ1v) is 7.13. The van der Waals surface area contributed by atoms with Gasteiger partial charge in [0.1, 0.15) is 10.4 Å². The molecule has 0 atom stereocenters. The van der Waals surface area contributed by atoms with Gasteiger partial charge >= 0.3 is 0 Å². The van der Waals surface area contributed by atoms with Crippen molar-refractivity contribution in [2.75, 3.05) is 7.05 Å². The lowest BCUT2D eigenvalue weighted by Crippen LogP contribution is -2.28. The van der Waals surface area contributed by atoms with Crippen LogP contribution in [-0.2, 0) is 11.3 Å². The Bertz CT molecular complexity index is 591. The second-order valence-electron chi connectivity index (χ2n) is 5.12. The van der Waals surface area contributed by atoms with Crippen LogP contribution in [0.15, 0.2) is 29.0 Å². The van der Waals surface area contributed by atoms with Crippen LogP contribution in [0, 0.1) is 5.92 Å². The van der Waals surface area contributed by atoms with Crippen LogP contribution in [0.3, 0.4) is 0 Å². The van der Waals surface area contributed by atoms with E-state index in [9.17, 15) is 4.79 Å². The van der Waals surface area contributed by atoms with Crippen molar-refractivity contribution in [1.82, 2.24) is 14.3 Å². The minimum atomic E-state index is 0.152. The largest absolute Gasteiger partial charge is 0.338 e. The van der Waals surface area contributed by atoms with Crippen LogP contribution in [0.25, 0.3) is 5.52 Å². The number of carbonyl (C=O) groups excluding carboxylic acids is 1. The Kier molecular flexibility index (Phi) is 4.24. The zero-order valence-electron chi connectivity index (χ0n) is 11.4. The monoisotopic (exact) mass is 323 g/mol. The van der Waals surface area contributed by atoms with E-state index in [2.05, 4.69) is 20.9 Å². The first-order chi connectivity index (χ1) is 8.99. The molecule has 0 aliphatic rings. The Morgan fingerprint density at radius 3 is 2.89 bits per heavy atom. The highest BCUT2D eigenvalue weighted by Gasteiger charge is 2.15. The zero-order valence-corrected chi connectivity index (χ0v) is 13.0. The minimum absolute atomic E-state index is 0.152. The van der Waals surface area contributed by atoms with Gasteiger partial charge in [0.25, 0.3) is 0 Å². The molecular weight excluding hydrogens is 306 g/mol. The zero-order chi connectivity index (χ0) is 14.0. The molecule has 0 fully saturated rings. The number of hydrogen-bond acceptors (Lipinski definition) is 2. The lowest BCUT2D eigenvalue weighted by atomic mass is 10.1. The second kappa shape index (κ2) is 5.74. The quantitative estimate of drug-likeness (QED) is 0.867. The number of fused-ring (bicyclic) bond motifs is 1. The molecule has 0 radical (unpaired) electrons. The number of nitrogens with zero attached hydrogens (tertiary/aromatic N) is 3. The van der Waals surface area contributed by atoms with Crippen molar-refractivity contribution < 1.29 is 4.79 Å². The fourth-order valence-corrected chi connectivity index (χ4v) is 2.51. The van der Waals surface area contributed by atoms with Crippen LogP contribution in [0.4, 0.5) is 0 Å². The van der Waals surface area contributed by atoms with Gasteiger partial charge in [-0.3, -0.25) is 4.79 Å². The van der Waals surface area contributed by atoms with Crippen molar-refractivity contribution in [2.24, 2.45) is 5.92 Å². The second-order valence-corrected chi connectivity index (χ2v) is 5.87. The summed E-state index contributed by atoms with van der Waals surface area (Å²) in [6.07, 6.45) is 2.53. The summed E-state index contributed by atoms with van der Waals surface area (Å²) >= 11 is 3.45. The molecule has 0 unspecified atom stereocenters. The summed E-state index contributed by atoms with van der Waals surface area (Å²) in [5.74, 6) is 1.39. The normalized spacial score (nSPS) is 11.2. The number of imidazole rings is 1. The van der Waals surface area contributed by atoms with Crippen molar-refractivity contribution >= 4 is 27.4 Å². The highest BCUT2D eigenvalue weighted by atomic mass is 79.9. The Balaban J connectivity index is 2.19. The number of pyridine rings is 1. The number of carbonyl (C=O) groups is 1. The Hall–Kier alpha value is -1.36. The molecular formula is C14H18BrN3O. The molecule has 0 aliphatic heterocycles. The fourth-order valence-electron chi connectivity index (χ4n) is 1.98. The summed E-state index contributed by atoms with van der Waals surface area (Å²) in [5.41, 5.74) is 1.02. The SMILES string of the molecule is CC(C)CC(=O)N(C)Cc1nc(Br)c2ccccn12. The molecule has 2 heterocycles. The van der Waals surface area contributed by atoms with Gasteiger partial charge in [-0.15, -0.1) is 0 Å². The van der Waals surface area contributed by atoms with E-state index in [0.717, 1.165) is 15.9 Å². The number of aromatic nitrogens is 2. The third-order valence-electron chi connectivity index (χ3n) is 2.96. The van der Waals surface area contributed by atoms with E-state index in [1.807, 2.05) is 49.7 Å². The summed E-state index contributed by atoms with van der Waals surface area (Å²) in [6.45, 7) is 4.61. The molecule has 0 saturated heterocycles. The predicted molar refractivity (Wildman–Crippen MR) is 78.8 cm³/mol. The summed E-state index contributed by atoms with van der Waals surface area (Å²) in [4.78, 5) is 18.2. The van der Waals surface area contributed by atoms with Crippen LogP contribution in [0.2, 0.25) is 0 Å². The molecule has 1 amide bonds. The standard InChI is InChI=1S/C14H18BrN3O/c1-10(2)8-13(19)17(3)9-12-16-14(15)11-6-4-5-7-18(11)12/h4-7,10H,8-9H2,1-3H3. The topological polar surface area (TPSA) is 37.6 Å². The summed E-state index contributed by atoms with van der Waals surface area (Å²) in [6, 6.07) is 5.93. The molecule has 5 heteroatoms. The minimum Gasteiger partial charge on any atom is -0.338 e. The molecule has 0 spiro atoms. The van der Waals surface area contributed by atoms with Crippen molar-refractivity contribution in [2.45, 2.75) is 26.8 Å². The maximum Gasteiger partial charge on any atom is 0.222 e. The molecule has 0 N–H and O–H groups in total. The molecule has 2 aromatic rings. The van der Waals surface area contributed by atoms with E-state index < -0.39 is 0 Å². The van der Waals surface area contributed by atoms with Gasteiger partial charge < -0.3 is 9.30 Å². The van der Waals surface area contributed by atoms with Crippen LogP contribution in [0.5, 0.6) is 0 Å². The lowest BCUT2D eigenvalue weighted by Gasteiger charge is -2.17. The van der Waals surface area contributed by atoms with Gasteiger partial charge in [0.2, 0.25) is 5.91 Å². The summed E-state index contributed by atoms with van der Waals surface area (Å²) in [5, 5.41) is 0. The first kappa shape index (κ1) is 14.1. The maximum absolute atomic E-state index is 12.0. The molecule has 102 valence electrons. The van der Waals surface area contributed by atoms with Gasteiger partial charge in [0, 0.05) is 19.7 Å². The van der Waals surface area contributed by atoms with Gasteiger partial charge in [0.05, 0.1) is 12.1 Å². The third-order valence-corrected chi connectivity index (χ3v) is 3.55. The van der Waals surface area contributed by atoms with E-state index in [4.69, 9.17) is 0 Å². The number of amides is 1. The van der Waals surface area contributed by atoms with Crippen molar-refractivity contribution in [1.29, 1.82) is 0 Å². The maximum atomic E-state index is 12.0. The van der Waals surface area contributed by atoms with Crippen molar-refractivity contribution in [3.05, 3.63) is 34.8 Å².